The predicted molar refractivity (Wildman–Crippen MR) is 149 cm³/mol. The first-order chi connectivity index (χ1) is 16.0. The summed E-state index contributed by atoms with van der Waals surface area (Å²) < 4.78 is 0. The Bertz CT molecular complexity index is 1030. The van der Waals surface area contributed by atoms with E-state index in [1.165, 1.54) is 9.75 Å². The Kier molecular flexibility index (Phi) is 12.9. The Labute approximate surface area is 203 Å². The Hall–Kier alpha value is -3.44. The van der Waals surface area contributed by atoms with Gasteiger partial charge in [0.1, 0.15) is 5.82 Å². The molecule has 2 aromatic carbocycles. The lowest BCUT2D eigenvalue weighted by Gasteiger charge is -2.12. The summed E-state index contributed by atoms with van der Waals surface area (Å²) in [6.07, 6.45) is 3.56. The van der Waals surface area contributed by atoms with Crippen LogP contribution < -0.4 is 22.1 Å². The van der Waals surface area contributed by atoms with Gasteiger partial charge in [0, 0.05) is 33.4 Å². The van der Waals surface area contributed by atoms with Crippen molar-refractivity contribution in [1.82, 2.24) is 5.32 Å². The van der Waals surface area contributed by atoms with Crippen LogP contribution in [0.3, 0.4) is 0 Å². The van der Waals surface area contributed by atoms with E-state index in [1.807, 2.05) is 82.3 Å². The number of aryl methyl sites for hydroxylation is 1. The van der Waals surface area contributed by atoms with Gasteiger partial charge >= 0.3 is 0 Å². The van der Waals surface area contributed by atoms with Crippen molar-refractivity contribution in [3.8, 4) is 0 Å². The fourth-order valence-electron chi connectivity index (χ4n) is 2.78. The summed E-state index contributed by atoms with van der Waals surface area (Å²) in [5.74, 6) is 0.508. The van der Waals surface area contributed by atoms with Crippen molar-refractivity contribution >= 4 is 28.4 Å². The number of thiophene rings is 1. The molecule has 0 aliphatic heterocycles. The van der Waals surface area contributed by atoms with Gasteiger partial charge in [-0.2, -0.15) is 0 Å². The third kappa shape index (κ3) is 9.71. The van der Waals surface area contributed by atoms with E-state index in [0.29, 0.717) is 11.5 Å². The smallest absolute Gasteiger partial charge is 0.101 e. The second kappa shape index (κ2) is 15.4. The average Bonchev–Trinajstić information content (AvgIpc) is 3.29. The molecule has 1 heterocycles. The van der Waals surface area contributed by atoms with Crippen LogP contribution >= 0.6 is 11.3 Å². The Balaban J connectivity index is 0.00000129. The van der Waals surface area contributed by atoms with Crippen LogP contribution in [0, 0.1) is 6.92 Å². The summed E-state index contributed by atoms with van der Waals surface area (Å²) in [7, 11) is 0. The summed E-state index contributed by atoms with van der Waals surface area (Å²) >= 11 is 1.79. The van der Waals surface area contributed by atoms with Gasteiger partial charge in [0.15, 0.2) is 0 Å². The summed E-state index contributed by atoms with van der Waals surface area (Å²) in [5.41, 5.74) is 16.6. The van der Waals surface area contributed by atoms with Crippen molar-refractivity contribution in [3.63, 3.8) is 0 Å². The molecule has 1 aromatic heterocycles. The molecule has 0 bridgehead atoms. The number of rotatable bonds is 8. The minimum absolute atomic E-state index is 0.508. The van der Waals surface area contributed by atoms with Gasteiger partial charge in [0.25, 0.3) is 0 Å². The SMILES string of the molecule is C=C(NCc1ccc(C)s1)c1cccc(N/C(N)=C/C=C(\N)c2ccccc2)c1.CC.CC. The second-order valence-electron chi connectivity index (χ2n) is 6.66. The van der Waals surface area contributed by atoms with Crippen LogP contribution in [0.25, 0.3) is 11.4 Å². The van der Waals surface area contributed by atoms with E-state index in [2.05, 4.69) is 36.3 Å². The molecule has 33 heavy (non-hydrogen) atoms. The molecule has 0 spiro atoms. The van der Waals surface area contributed by atoms with E-state index in [9.17, 15) is 0 Å². The molecular weight excluding hydrogens is 424 g/mol. The summed E-state index contributed by atoms with van der Waals surface area (Å²) in [6, 6.07) is 22.0. The largest absolute Gasteiger partial charge is 0.398 e. The van der Waals surface area contributed by atoms with Crippen molar-refractivity contribution in [2.75, 3.05) is 5.32 Å². The lowest BCUT2D eigenvalue weighted by Crippen LogP contribution is -2.11. The van der Waals surface area contributed by atoms with Crippen LogP contribution in [0.5, 0.6) is 0 Å². The zero-order valence-electron chi connectivity index (χ0n) is 20.5. The molecule has 6 N–H and O–H groups in total. The first-order valence-electron chi connectivity index (χ1n) is 11.3. The van der Waals surface area contributed by atoms with Crippen LogP contribution in [-0.2, 0) is 6.54 Å². The zero-order chi connectivity index (χ0) is 24.6. The second-order valence-corrected chi connectivity index (χ2v) is 8.03. The maximum absolute atomic E-state index is 6.11. The van der Waals surface area contributed by atoms with Gasteiger partial charge in [-0.3, -0.25) is 0 Å². The lowest BCUT2D eigenvalue weighted by molar-refractivity contribution is 0.910. The number of anilines is 1. The monoisotopic (exact) mass is 462 g/mol. The fourth-order valence-corrected chi connectivity index (χ4v) is 3.61. The molecule has 0 amide bonds. The molecular formula is C28H38N4S. The molecule has 176 valence electrons. The standard InChI is InChI=1S/C24H26N4S.2C2H6/c1-17-11-12-22(29-17)16-27-18(2)20-9-6-10-21(15-20)28-24(26)14-13-23(25)19-7-4-3-5-8-19;2*1-2/h3-15,27-28H,2,16,25-26H2,1H3;2*1-2H3/b23-13-,24-14+;;. The van der Waals surface area contributed by atoms with Gasteiger partial charge in [0.2, 0.25) is 0 Å². The van der Waals surface area contributed by atoms with Gasteiger partial charge in [-0.15, -0.1) is 11.3 Å². The summed E-state index contributed by atoms with van der Waals surface area (Å²) in [6.45, 7) is 15.0. The molecule has 0 radical (unpaired) electrons. The van der Waals surface area contributed by atoms with Crippen LogP contribution in [0.15, 0.2) is 91.3 Å². The van der Waals surface area contributed by atoms with Crippen molar-refractivity contribution in [3.05, 3.63) is 112 Å². The van der Waals surface area contributed by atoms with Gasteiger partial charge < -0.3 is 22.1 Å². The third-order valence-corrected chi connectivity index (χ3v) is 5.32. The van der Waals surface area contributed by atoms with Crippen molar-refractivity contribution < 1.29 is 0 Å². The van der Waals surface area contributed by atoms with E-state index in [1.54, 1.807) is 23.5 Å². The van der Waals surface area contributed by atoms with Crippen LogP contribution in [-0.4, -0.2) is 0 Å². The molecule has 0 aliphatic carbocycles. The molecule has 4 nitrogen and oxygen atoms in total. The van der Waals surface area contributed by atoms with Gasteiger partial charge in [-0.25, -0.2) is 0 Å². The Morgan fingerprint density at radius 2 is 1.55 bits per heavy atom. The highest BCUT2D eigenvalue weighted by atomic mass is 32.1. The topological polar surface area (TPSA) is 76.1 Å². The summed E-state index contributed by atoms with van der Waals surface area (Å²) in [5, 5.41) is 6.58. The molecule has 0 aliphatic rings. The van der Waals surface area contributed by atoms with E-state index >= 15 is 0 Å². The highest BCUT2D eigenvalue weighted by Crippen LogP contribution is 2.19. The zero-order valence-corrected chi connectivity index (χ0v) is 21.3. The lowest BCUT2D eigenvalue weighted by atomic mass is 10.1. The number of allylic oxidation sites excluding steroid dienone is 2. The highest BCUT2D eigenvalue weighted by Gasteiger charge is 2.03. The van der Waals surface area contributed by atoms with Crippen LogP contribution in [0.2, 0.25) is 0 Å². The quantitative estimate of drug-likeness (QED) is 0.270. The first kappa shape index (κ1) is 27.6. The maximum Gasteiger partial charge on any atom is 0.101 e. The Morgan fingerprint density at radius 1 is 0.879 bits per heavy atom. The predicted octanol–water partition coefficient (Wildman–Crippen LogP) is 7.08. The molecule has 3 rings (SSSR count). The molecule has 5 heteroatoms. The molecule has 0 unspecified atom stereocenters. The van der Waals surface area contributed by atoms with E-state index in [-0.39, 0.29) is 0 Å². The van der Waals surface area contributed by atoms with Crippen LogP contribution in [0.1, 0.15) is 48.6 Å². The minimum atomic E-state index is 0.508. The van der Waals surface area contributed by atoms with E-state index in [0.717, 1.165) is 29.1 Å². The maximum atomic E-state index is 6.11. The number of nitrogens with one attached hydrogen (secondary N) is 2. The molecule has 0 saturated carbocycles. The fraction of sp³-hybridized carbons (Fsp3) is 0.214. The van der Waals surface area contributed by atoms with Crippen molar-refractivity contribution in [1.29, 1.82) is 0 Å². The van der Waals surface area contributed by atoms with Gasteiger partial charge in [-0.05, 0) is 54.5 Å². The number of hydrogen-bond acceptors (Lipinski definition) is 5. The third-order valence-electron chi connectivity index (χ3n) is 4.32. The molecule has 3 aromatic rings. The normalized spacial score (nSPS) is 10.8. The number of nitrogens with two attached hydrogens (primary N) is 2. The van der Waals surface area contributed by atoms with Crippen LogP contribution in [0.4, 0.5) is 5.69 Å². The van der Waals surface area contributed by atoms with E-state index in [4.69, 9.17) is 11.5 Å². The van der Waals surface area contributed by atoms with Gasteiger partial charge in [0.05, 0.1) is 0 Å². The minimum Gasteiger partial charge on any atom is -0.398 e. The highest BCUT2D eigenvalue weighted by molar-refractivity contribution is 7.11. The Morgan fingerprint density at radius 3 is 2.18 bits per heavy atom. The van der Waals surface area contributed by atoms with E-state index < -0.39 is 0 Å². The average molecular weight is 463 g/mol. The van der Waals surface area contributed by atoms with Crippen molar-refractivity contribution in [2.45, 2.75) is 41.2 Å². The summed E-state index contributed by atoms with van der Waals surface area (Å²) in [4.78, 5) is 2.59. The number of hydrogen-bond donors (Lipinski definition) is 4. The van der Waals surface area contributed by atoms with Gasteiger partial charge in [-0.1, -0.05) is 76.7 Å². The molecule has 0 fully saturated rings. The molecule has 0 saturated heterocycles. The van der Waals surface area contributed by atoms with Crippen molar-refractivity contribution in [2.24, 2.45) is 11.5 Å². The number of benzene rings is 2. The molecule has 0 atom stereocenters. The first-order valence-corrected chi connectivity index (χ1v) is 12.2.